The van der Waals surface area contributed by atoms with Gasteiger partial charge in [0, 0.05) is 53.5 Å². The molecule has 1 aliphatic heterocycles. The monoisotopic (exact) mass is 443 g/mol. The first-order valence-corrected chi connectivity index (χ1v) is 11.9. The number of ether oxygens (including phenoxy) is 1. The van der Waals surface area contributed by atoms with Crippen molar-refractivity contribution < 1.29 is 14.3 Å². The lowest BCUT2D eigenvalue weighted by Gasteiger charge is -2.33. The second-order valence-electron chi connectivity index (χ2n) is 7.45. The van der Waals surface area contributed by atoms with Crippen LogP contribution in [-0.2, 0) is 27.1 Å². The molecule has 158 valence electrons. The van der Waals surface area contributed by atoms with Crippen molar-refractivity contribution in [2.24, 2.45) is 7.05 Å². The minimum atomic E-state index is -0.356. The zero-order valence-corrected chi connectivity index (χ0v) is 19.0. The zero-order chi connectivity index (χ0) is 21.3. The SMILES string of the molecule is CCOC(=O)C1=C(C)NC2=C(C(=O)CCC2)[C@@H]1c1cc(CSc2nccn2C)cs1. The number of aryl methyl sites for hydroxylation is 1. The van der Waals surface area contributed by atoms with Crippen LogP contribution in [0.2, 0.25) is 0 Å². The van der Waals surface area contributed by atoms with E-state index in [0.717, 1.165) is 51.2 Å². The number of carbonyl (C=O) groups excluding carboxylic acids is 2. The molecule has 0 fully saturated rings. The molecule has 0 saturated carbocycles. The van der Waals surface area contributed by atoms with Gasteiger partial charge in [-0.25, -0.2) is 9.78 Å². The van der Waals surface area contributed by atoms with E-state index in [9.17, 15) is 9.59 Å². The van der Waals surface area contributed by atoms with Crippen LogP contribution in [0.5, 0.6) is 0 Å². The molecule has 6 nitrogen and oxygen atoms in total. The maximum Gasteiger partial charge on any atom is 0.336 e. The van der Waals surface area contributed by atoms with E-state index in [1.807, 2.05) is 24.7 Å². The molecule has 1 atom stereocenters. The lowest BCUT2D eigenvalue weighted by atomic mass is 9.78. The largest absolute Gasteiger partial charge is 0.463 e. The Hall–Kier alpha value is -2.32. The van der Waals surface area contributed by atoms with Gasteiger partial charge >= 0.3 is 5.97 Å². The van der Waals surface area contributed by atoms with Crippen LogP contribution >= 0.6 is 23.1 Å². The third-order valence-corrected chi connectivity index (χ3v) is 7.55. The molecule has 30 heavy (non-hydrogen) atoms. The predicted molar refractivity (Wildman–Crippen MR) is 118 cm³/mol. The Morgan fingerprint density at radius 3 is 3.00 bits per heavy atom. The lowest BCUT2D eigenvalue weighted by Crippen LogP contribution is -2.34. The van der Waals surface area contributed by atoms with Crippen molar-refractivity contribution in [1.82, 2.24) is 14.9 Å². The number of rotatable bonds is 6. The number of nitrogens with zero attached hydrogens (tertiary/aromatic N) is 2. The van der Waals surface area contributed by atoms with Gasteiger partial charge in [-0.15, -0.1) is 11.3 Å². The highest BCUT2D eigenvalue weighted by molar-refractivity contribution is 7.98. The molecule has 0 unspecified atom stereocenters. The molecule has 3 heterocycles. The summed E-state index contributed by atoms with van der Waals surface area (Å²) in [5, 5.41) is 6.39. The van der Waals surface area contributed by atoms with Gasteiger partial charge < -0.3 is 14.6 Å². The maximum absolute atomic E-state index is 12.9. The molecule has 2 aromatic heterocycles. The van der Waals surface area contributed by atoms with Crippen molar-refractivity contribution in [3.63, 3.8) is 0 Å². The summed E-state index contributed by atoms with van der Waals surface area (Å²) in [5.41, 5.74) is 4.19. The van der Waals surface area contributed by atoms with Crippen LogP contribution in [0.15, 0.2) is 51.5 Å². The van der Waals surface area contributed by atoms with Gasteiger partial charge in [-0.3, -0.25) is 4.79 Å². The Morgan fingerprint density at radius 2 is 2.27 bits per heavy atom. The number of thioether (sulfide) groups is 1. The average Bonchev–Trinajstić information content (AvgIpc) is 3.34. The normalized spacial score (nSPS) is 19.0. The van der Waals surface area contributed by atoms with Crippen LogP contribution in [0, 0.1) is 0 Å². The number of hydrogen-bond acceptors (Lipinski definition) is 7. The number of dihydropyridines is 1. The fourth-order valence-corrected chi connectivity index (χ4v) is 6.01. The van der Waals surface area contributed by atoms with Crippen molar-refractivity contribution in [3.8, 4) is 0 Å². The molecule has 8 heteroatoms. The number of esters is 1. The summed E-state index contributed by atoms with van der Waals surface area (Å²) in [5.74, 6) is 0.198. The second kappa shape index (κ2) is 8.81. The molecule has 4 rings (SSSR count). The van der Waals surface area contributed by atoms with E-state index >= 15 is 0 Å². The van der Waals surface area contributed by atoms with E-state index in [4.69, 9.17) is 4.74 Å². The minimum Gasteiger partial charge on any atom is -0.463 e. The van der Waals surface area contributed by atoms with E-state index < -0.39 is 0 Å². The number of Topliss-reactive ketones (excluding diaryl/α,β-unsaturated/α-hetero) is 1. The Kier molecular flexibility index (Phi) is 6.15. The second-order valence-corrected chi connectivity index (χ2v) is 9.34. The van der Waals surface area contributed by atoms with Gasteiger partial charge in [0.15, 0.2) is 10.9 Å². The molecule has 0 aromatic carbocycles. The standard InChI is InChI=1S/C22H25N3O3S2/c1-4-28-21(27)18-13(2)24-15-6-5-7-16(26)19(15)20(18)17-10-14(11-29-17)12-30-22-23-8-9-25(22)3/h8-11,20,24H,4-7,12H2,1-3H3/t20-/m1/s1. The van der Waals surface area contributed by atoms with E-state index in [0.29, 0.717) is 18.6 Å². The molecule has 2 aliphatic rings. The van der Waals surface area contributed by atoms with Crippen molar-refractivity contribution in [2.75, 3.05) is 6.61 Å². The van der Waals surface area contributed by atoms with Crippen molar-refractivity contribution in [1.29, 1.82) is 0 Å². The average molecular weight is 444 g/mol. The third-order valence-electron chi connectivity index (χ3n) is 5.37. The van der Waals surface area contributed by atoms with Gasteiger partial charge in [-0.1, -0.05) is 11.8 Å². The first-order valence-electron chi connectivity index (χ1n) is 10.1. The number of ketones is 1. The Balaban J connectivity index is 1.67. The first-order chi connectivity index (χ1) is 14.5. The van der Waals surface area contributed by atoms with Gasteiger partial charge in [0.1, 0.15) is 0 Å². The van der Waals surface area contributed by atoms with E-state index in [-0.39, 0.29) is 17.7 Å². The Labute approximate surface area is 184 Å². The van der Waals surface area contributed by atoms with E-state index in [1.54, 1.807) is 36.2 Å². The fraction of sp³-hybridized carbons (Fsp3) is 0.409. The van der Waals surface area contributed by atoms with Crippen LogP contribution in [-0.4, -0.2) is 27.9 Å². The van der Waals surface area contributed by atoms with Crippen molar-refractivity contribution in [2.45, 2.75) is 49.9 Å². The first kappa shape index (κ1) is 20.9. The molecule has 0 spiro atoms. The van der Waals surface area contributed by atoms with Crippen molar-refractivity contribution >= 4 is 34.9 Å². The molecule has 0 saturated heterocycles. The highest BCUT2D eigenvalue weighted by Gasteiger charge is 2.39. The fourth-order valence-electron chi connectivity index (χ4n) is 4.01. The van der Waals surface area contributed by atoms with Gasteiger partial charge in [-0.2, -0.15) is 0 Å². The van der Waals surface area contributed by atoms with Crippen molar-refractivity contribution in [3.05, 3.63) is 56.8 Å². The number of imidazole rings is 1. The number of allylic oxidation sites excluding steroid dienone is 3. The van der Waals surface area contributed by atoms with Gasteiger partial charge in [0.25, 0.3) is 0 Å². The predicted octanol–water partition coefficient (Wildman–Crippen LogP) is 4.30. The van der Waals surface area contributed by atoms with Gasteiger partial charge in [0.05, 0.1) is 18.1 Å². The van der Waals surface area contributed by atoms with Crippen LogP contribution < -0.4 is 5.32 Å². The summed E-state index contributed by atoms with van der Waals surface area (Å²) in [4.78, 5) is 31.1. The van der Waals surface area contributed by atoms with Gasteiger partial charge in [-0.05, 0) is 43.7 Å². The number of thiophene rings is 1. The van der Waals surface area contributed by atoms with Gasteiger partial charge in [0.2, 0.25) is 0 Å². The van der Waals surface area contributed by atoms with Crippen LogP contribution in [0.3, 0.4) is 0 Å². The zero-order valence-electron chi connectivity index (χ0n) is 17.4. The Bertz CT molecular complexity index is 1050. The topological polar surface area (TPSA) is 73.2 Å². The molecule has 0 bridgehead atoms. The smallest absolute Gasteiger partial charge is 0.336 e. The summed E-state index contributed by atoms with van der Waals surface area (Å²) in [6.07, 6.45) is 5.92. The number of aromatic nitrogens is 2. The lowest BCUT2D eigenvalue weighted by molar-refractivity contribution is -0.138. The number of hydrogen-bond donors (Lipinski definition) is 1. The summed E-state index contributed by atoms with van der Waals surface area (Å²) in [6.45, 7) is 4.00. The van der Waals surface area contributed by atoms with E-state index in [2.05, 4.69) is 21.7 Å². The minimum absolute atomic E-state index is 0.125. The van der Waals surface area contributed by atoms with Crippen LogP contribution in [0.25, 0.3) is 0 Å². The molecule has 0 amide bonds. The summed E-state index contributed by atoms with van der Waals surface area (Å²) in [6, 6.07) is 2.12. The quantitative estimate of drug-likeness (QED) is 0.530. The third kappa shape index (κ3) is 3.98. The maximum atomic E-state index is 12.9. The molecule has 0 radical (unpaired) electrons. The molecule has 1 aliphatic carbocycles. The summed E-state index contributed by atoms with van der Waals surface area (Å²) >= 11 is 3.27. The van der Waals surface area contributed by atoms with E-state index in [1.165, 1.54) is 0 Å². The van der Waals surface area contributed by atoms with Crippen LogP contribution in [0.4, 0.5) is 0 Å². The molecular formula is C22H25N3O3S2. The molecular weight excluding hydrogens is 418 g/mol. The molecule has 1 N–H and O–H groups in total. The molecule has 2 aromatic rings. The Morgan fingerprint density at radius 1 is 1.43 bits per heavy atom. The summed E-state index contributed by atoms with van der Waals surface area (Å²) in [7, 11) is 1.98. The number of carbonyl (C=O) groups is 2. The van der Waals surface area contributed by atoms with Crippen LogP contribution in [0.1, 0.15) is 49.5 Å². The highest BCUT2D eigenvalue weighted by Crippen LogP contribution is 2.44. The number of nitrogens with one attached hydrogen (secondary N) is 1. The summed E-state index contributed by atoms with van der Waals surface area (Å²) < 4.78 is 7.35. The highest BCUT2D eigenvalue weighted by atomic mass is 32.2.